The molecule has 1 aromatic heterocycles. The maximum absolute atomic E-state index is 12.5. The van der Waals surface area contributed by atoms with Gasteiger partial charge in [-0.1, -0.05) is 42.5 Å². The molecule has 1 N–H and O–H groups in total. The number of hydrogen-bond acceptors (Lipinski definition) is 5. The molecular formula is C29H32N4O3. The number of hydrogen-bond donors (Lipinski definition) is 1. The second-order valence-electron chi connectivity index (χ2n) is 9.63. The fourth-order valence-corrected chi connectivity index (χ4v) is 5.07. The first-order chi connectivity index (χ1) is 17.5. The van der Waals surface area contributed by atoms with E-state index in [2.05, 4.69) is 51.6 Å². The number of anilines is 1. The molecule has 36 heavy (non-hydrogen) atoms. The van der Waals surface area contributed by atoms with Crippen molar-refractivity contribution in [2.45, 2.75) is 38.3 Å². The topological polar surface area (TPSA) is 74.8 Å². The number of piperidine rings is 1. The lowest BCUT2D eigenvalue weighted by molar-refractivity contribution is -0.135. The Kier molecular flexibility index (Phi) is 6.89. The van der Waals surface area contributed by atoms with Gasteiger partial charge in [-0.15, -0.1) is 0 Å². The Morgan fingerprint density at radius 1 is 0.944 bits per heavy atom. The lowest BCUT2D eigenvalue weighted by Gasteiger charge is -2.41. The first-order valence-corrected chi connectivity index (χ1v) is 12.6. The molecule has 2 aliphatic heterocycles. The summed E-state index contributed by atoms with van der Waals surface area (Å²) in [5.41, 5.74) is 4.13. The number of rotatable bonds is 5. The van der Waals surface area contributed by atoms with Crippen molar-refractivity contribution in [1.82, 2.24) is 15.2 Å². The SMILES string of the molecule is CC(=O)NCC(=O)N1CCC2(CC1)CCN(Cc1ccc(-c3ccccn3)cc1)c1ccccc1O2. The molecule has 186 valence electrons. The summed E-state index contributed by atoms with van der Waals surface area (Å²) >= 11 is 0. The zero-order chi connectivity index (χ0) is 25.0. The van der Waals surface area contributed by atoms with Crippen LogP contribution in [0.2, 0.25) is 0 Å². The fourth-order valence-electron chi connectivity index (χ4n) is 5.07. The van der Waals surface area contributed by atoms with Gasteiger partial charge in [0.25, 0.3) is 0 Å². The van der Waals surface area contributed by atoms with Gasteiger partial charge in [0.15, 0.2) is 0 Å². The van der Waals surface area contributed by atoms with Gasteiger partial charge in [0.2, 0.25) is 11.8 Å². The van der Waals surface area contributed by atoms with Crippen LogP contribution in [0.4, 0.5) is 5.69 Å². The average Bonchev–Trinajstić information content (AvgIpc) is 3.05. The zero-order valence-corrected chi connectivity index (χ0v) is 20.7. The summed E-state index contributed by atoms with van der Waals surface area (Å²) in [7, 11) is 0. The van der Waals surface area contributed by atoms with E-state index >= 15 is 0 Å². The Bertz CT molecular complexity index is 1200. The van der Waals surface area contributed by atoms with Crippen molar-refractivity contribution in [3.05, 3.63) is 78.5 Å². The molecular weight excluding hydrogens is 452 g/mol. The van der Waals surface area contributed by atoms with Crippen LogP contribution in [-0.2, 0) is 16.1 Å². The summed E-state index contributed by atoms with van der Waals surface area (Å²) in [4.78, 5) is 32.3. The second kappa shape index (κ2) is 10.4. The van der Waals surface area contributed by atoms with E-state index in [0.717, 1.165) is 55.0 Å². The number of amides is 2. The molecule has 0 unspecified atom stereocenters. The molecule has 0 bridgehead atoms. The zero-order valence-electron chi connectivity index (χ0n) is 20.7. The highest BCUT2D eigenvalue weighted by molar-refractivity contribution is 5.83. The number of benzene rings is 2. The molecule has 5 rings (SSSR count). The van der Waals surface area contributed by atoms with Crippen LogP contribution in [0.1, 0.15) is 31.7 Å². The monoisotopic (exact) mass is 484 g/mol. The molecule has 1 saturated heterocycles. The van der Waals surface area contributed by atoms with Crippen molar-refractivity contribution in [2.24, 2.45) is 0 Å². The lowest BCUT2D eigenvalue weighted by atomic mass is 9.87. The van der Waals surface area contributed by atoms with Crippen LogP contribution in [0.25, 0.3) is 11.3 Å². The number of carbonyl (C=O) groups is 2. The summed E-state index contributed by atoms with van der Waals surface area (Å²) in [5, 5.41) is 2.61. The summed E-state index contributed by atoms with van der Waals surface area (Å²) in [6, 6.07) is 22.8. The van der Waals surface area contributed by atoms with E-state index < -0.39 is 0 Å². The quantitative estimate of drug-likeness (QED) is 0.592. The molecule has 0 radical (unpaired) electrons. The highest BCUT2D eigenvalue weighted by Gasteiger charge is 2.40. The van der Waals surface area contributed by atoms with Gasteiger partial charge in [-0.3, -0.25) is 14.6 Å². The Morgan fingerprint density at radius 3 is 2.39 bits per heavy atom. The maximum atomic E-state index is 12.5. The van der Waals surface area contributed by atoms with Gasteiger partial charge in [-0.25, -0.2) is 0 Å². The number of para-hydroxylation sites is 2. The normalized spacial score (nSPS) is 16.6. The molecule has 1 spiro atoms. The first kappa shape index (κ1) is 23.9. The standard InChI is InChI=1S/C29H32N4O3/c1-22(34)31-20-28(35)32-17-13-29(14-18-32)15-19-33(26-7-2-3-8-27(26)36-29)21-23-9-11-24(12-10-23)25-6-4-5-16-30-25/h2-12,16H,13-15,17-21H2,1H3,(H,31,34). The molecule has 7 heteroatoms. The Morgan fingerprint density at radius 2 is 1.67 bits per heavy atom. The smallest absolute Gasteiger partial charge is 0.241 e. The van der Waals surface area contributed by atoms with E-state index in [-0.39, 0.29) is 24.0 Å². The highest BCUT2D eigenvalue weighted by atomic mass is 16.5. The summed E-state index contributed by atoms with van der Waals surface area (Å²) in [6.07, 6.45) is 4.26. The second-order valence-corrected chi connectivity index (χ2v) is 9.63. The van der Waals surface area contributed by atoms with Gasteiger partial charge >= 0.3 is 0 Å². The molecule has 3 heterocycles. The minimum absolute atomic E-state index is 0.0372. The van der Waals surface area contributed by atoms with Crippen LogP contribution in [-0.4, -0.2) is 53.5 Å². The van der Waals surface area contributed by atoms with Gasteiger partial charge in [-0.2, -0.15) is 0 Å². The predicted molar refractivity (Wildman–Crippen MR) is 140 cm³/mol. The predicted octanol–water partition coefficient (Wildman–Crippen LogP) is 4.04. The van der Waals surface area contributed by atoms with E-state index in [4.69, 9.17) is 4.74 Å². The van der Waals surface area contributed by atoms with Crippen molar-refractivity contribution in [3.8, 4) is 17.0 Å². The van der Waals surface area contributed by atoms with Crippen LogP contribution >= 0.6 is 0 Å². The maximum Gasteiger partial charge on any atom is 0.241 e. The fraction of sp³-hybridized carbons (Fsp3) is 0.345. The van der Waals surface area contributed by atoms with Crippen LogP contribution in [0.3, 0.4) is 0 Å². The Labute approximate surface area is 212 Å². The summed E-state index contributed by atoms with van der Waals surface area (Å²) in [5.74, 6) is 0.676. The number of nitrogens with one attached hydrogen (secondary N) is 1. The molecule has 2 amide bonds. The molecule has 0 atom stereocenters. The molecule has 3 aromatic rings. The highest BCUT2D eigenvalue weighted by Crippen LogP contribution is 2.41. The number of nitrogens with zero attached hydrogens (tertiary/aromatic N) is 3. The largest absolute Gasteiger partial charge is 0.485 e. The lowest BCUT2D eigenvalue weighted by Crippen LogP contribution is -2.52. The number of aromatic nitrogens is 1. The Hall–Kier alpha value is -3.87. The van der Waals surface area contributed by atoms with E-state index in [9.17, 15) is 9.59 Å². The van der Waals surface area contributed by atoms with E-state index in [0.29, 0.717) is 13.1 Å². The van der Waals surface area contributed by atoms with Crippen molar-refractivity contribution in [1.29, 1.82) is 0 Å². The van der Waals surface area contributed by atoms with Gasteiger partial charge in [0, 0.05) is 64.1 Å². The van der Waals surface area contributed by atoms with Crippen molar-refractivity contribution < 1.29 is 14.3 Å². The number of fused-ring (bicyclic) bond motifs is 1. The van der Waals surface area contributed by atoms with E-state index in [1.54, 1.807) is 0 Å². The number of pyridine rings is 1. The van der Waals surface area contributed by atoms with Crippen LogP contribution in [0, 0.1) is 0 Å². The number of carbonyl (C=O) groups excluding carboxylic acids is 2. The van der Waals surface area contributed by atoms with Gasteiger partial charge in [-0.05, 0) is 29.8 Å². The minimum Gasteiger partial charge on any atom is -0.485 e. The van der Waals surface area contributed by atoms with Crippen LogP contribution in [0.15, 0.2) is 72.9 Å². The average molecular weight is 485 g/mol. The number of likely N-dealkylation sites (tertiary alicyclic amines) is 1. The minimum atomic E-state index is -0.293. The summed E-state index contributed by atoms with van der Waals surface area (Å²) < 4.78 is 6.70. The van der Waals surface area contributed by atoms with Crippen LogP contribution < -0.4 is 15.0 Å². The molecule has 0 saturated carbocycles. The third-order valence-corrected chi connectivity index (χ3v) is 7.17. The number of ether oxygens (including phenoxy) is 1. The van der Waals surface area contributed by atoms with E-state index in [1.165, 1.54) is 12.5 Å². The molecule has 1 fully saturated rings. The van der Waals surface area contributed by atoms with E-state index in [1.807, 2.05) is 41.4 Å². The van der Waals surface area contributed by atoms with Gasteiger partial charge in [0.1, 0.15) is 11.4 Å². The van der Waals surface area contributed by atoms with Crippen LogP contribution in [0.5, 0.6) is 5.75 Å². The molecule has 0 aliphatic carbocycles. The Balaban J connectivity index is 1.28. The molecule has 2 aromatic carbocycles. The third kappa shape index (κ3) is 5.35. The third-order valence-electron chi connectivity index (χ3n) is 7.17. The van der Waals surface area contributed by atoms with Crippen molar-refractivity contribution >= 4 is 17.5 Å². The van der Waals surface area contributed by atoms with Gasteiger partial charge < -0.3 is 19.9 Å². The summed E-state index contributed by atoms with van der Waals surface area (Å²) in [6.45, 7) is 4.42. The van der Waals surface area contributed by atoms with Crippen molar-refractivity contribution in [2.75, 3.05) is 31.1 Å². The van der Waals surface area contributed by atoms with Gasteiger partial charge in [0.05, 0.1) is 17.9 Å². The molecule has 7 nitrogen and oxygen atoms in total. The molecule has 2 aliphatic rings. The van der Waals surface area contributed by atoms with Crippen molar-refractivity contribution in [3.63, 3.8) is 0 Å². The first-order valence-electron chi connectivity index (χ1n) is 12.6.